The number of carbonyl (C=O) groups excluding carboxylic acids is 1. The normalized spacial score (nSPS) is 15.7. The molecule has 0 radical (unpaired) electrons. The molecular formula is C25H29N9O2. The van der Waals surface area contributed by atoms with Crippen LogP contribution in [0, 0.1) is 0 Å². The zero-order chi connectivity index (χ0) is 25.3. The number of hydrogen-bond donors (Lipinski definition) is 3. The molecule has 0 saturated heterocycles. The summed E-state index contributed by atoms with van der Waals surface area (Å²) in [6.45, 7) is 7.28. The van der Waals surface area contributed by atoms with Gasteiger partial charge >= 0.3 is 11.8 Å². The number of benzene rings is 1. The maximum atomic E-state index is 12.9. The van der Waals surface area contributed by atoms with Crippen molar-refractivity contribution < 1.29 is 9.21 Å². The monoisotopic (exact) mass is 487 g/mol. The highest BCUT2D eigenvalue weighted by Gasteiger charge is 2.27. The minimum absolute atomic E-state index is 0.0306. The molecule has 0 unspecified atom stereocenters. The van der Waals surface area contributed by atoms with E-state index in [0.717, 1.165) is 41.0 Å². The summed E-state index contributed by atoms with van der Waals surface area (Å²) in [6, 6.07) is 7.84. The fourth-order valence-corrected chi connectivity index (χ4v) is 4.06. The molecule has 36 heavy (non-hydrogen) atoms. The van der Waals surface area contributed by atoms with Crippen molar-refractivity contribution in [2.75, 3.05) is 18.4 Å². The van der Waals surface area contributed by atoms with E-state index < -0.39 is 0 Å². The van der Waals surface area contributed by atoms with E-state index in [2.05, 4.69) is 47.3 Å². The van der Waals surface area contributed by atoms with Crippen molar-refractivity contribution in [3.8, 4) is 11.3 Å². The van der Waals surface area contributed by atoms with Crippen LogP contribution in [0.3, 0.4) is 0 Å². The van der Waals surface area contributed by atoms with Crippen LogP contribution in [-0.4, -0.2) is 48.9 Å². The summed E-state index contributed by atoms with van der Waals surface area (Å²) in [5.74, 6) is 0.510. The number of rotatable bonds is 5. The quantitative estimate of drug-likeness (QED) is 0.388. The molecule has 4 aromatic rings. The number of nitrogens with one attached hydrogen (secondary N) is 3. The lowest BCUT2D eigenvalue weighted by atomic mass is 9.96. The maximum absolute atomic E-state index is 12.9. The fourth-order valence-electron chi connectivity index (χ4n) is 4.06. The molecule has 0 saturated carbocycles. The topological polar surface area (TPSA) is 136 Å². The first-order valence-corrected chi connectivity index (χ1v) is 11.8. The van der Waals surface area contributed by atoms with Gasteiger partial charge in [-0.2, -0.15) is 5.10 Å². The number of hydrogen-bond acceptors (Lipinski definition) is 9. The number of aromatic nitrogens is 6. The van der Waals surface area contributed by atoms with E-state index >= 15 is 0 Å². The smallest absolute Gasteiger partial charge is 0.309 e. The Morgan fingerprint density at radius 1 is 1.22 bits per heavy atom. The van der Waals surface area contributed by atoms with Gasteiger partial charge in [-0.15, -0.1) is 10.2 Å². The maximum Gasteiger partial charge on any atom is 0.309 e. The summed E-state index contributed by atoms with van der Waals surface area (Å²) in [5, 5.41) is 21.8. The molecule has 1 aliphatic heterocycles. The predicted octanol–water partition coefficient (Wildman–Crippen LogP) is 2.92. The van der Waals surface area contributed by atoms with E-state index in [1.165, 1.54) is 0 Å². The number of aryl methyl sites for hydroxylation is 1. The Labute approximate surface area is 208 Å². The average Bonchev–Trinajstić information content (AvgIpc) is 3.46. The highest BCUT2D eigenvalue weighted by molar-refractivity contribution is 5.89. The third-order valence-corrected chi connectivity index (χ3v) is 5.92. The van der Waals surface area contributed by atoms with Crippen molar-refractivity contribution in [3.05, 3.63) is 65.8 Å². The Morgan fingerprint density at radius 2 is 2.08 bits per heavy atom. The van der Waals surface area contributed by atoms with Gasteiger partial charge in [0.05, 0.1) is 23.6 Å². The number of carbonyl (C=O) groups is 1. The number of fused-ring (bicyclic) bond motifs is 1. The standard InChI is InChI=1S/C25H29N9O2/c1-25(2,3)23-33-32-22(36-23)21(35)30-20-13-26-9-7-15-11-16(5-6-18(15)20)19-8-10-27-24(31-19)29-17-12-28-34(4)14-17/h5-6,8,10-12,14,20,26H,7,9,13H2,1-4H3,(H,30,35)(H,27,29,31)/t20-/m1/s1. The Hall–Kier alpha value is -4.12. The van der Waals surface area contributed by atoms with Crippen molar-refractivity contribution in [3.63, 3.8) is 0 Å². The van der Waals surface area contributed by atoms with Crippen molar-refractivity contribution in [2.45, 2.75) is 38.6 Å². The van der Waals surface area contributed by atoms with Crippen molar-refractivity contribution in [1.29, 1.82) is 0 Å². The molecule has 4 heterocycles. The second kappa shape index (κ2) is 9.50. The van der Waals surface area contributed by atoms with Gasteiger partial charge in [0, 0.05) is 37.0 Å². The average molecular weight is 488 g/mol. The first-order valence-electron chi connectivity index (χ1n) is 11.8. The van der Waals surface area contributed by atoms with Crippen LogP contribution in [0.1, 0.15) is 54.5 Å². The van der Waals surface area contributed by atoms with Crippen LogP contribution >= 0.6 is 0 Å². The second-order valence-electron chi connectivity index (χ2n) is 9.85. The van der Waals surface area contributed by atoms with Gasteiger partial charge in [0.25, 0.3) is 0 Å². The first-order chi connectivity index (χ1) is 17.3. The zero-order valence-electron chi connectivity index (χ0n) is 20.7. The summed E-state index contributed by atoms with van der Waals surface area (Å²) in [6.07, 6.45) is 6.14. The van der Waals surface area contributed by atoms with Crippen LogP contribution in [0.4, 0.5) is 11.6 Å². The minimum atomic E-state index is -0.386. The van der Waals surface area contributed by atoms with Crippen LogP contribution < -0.4 is 16.0 Å². The Morgan fingerprint density at radius 3 is 2.83 bits per heavy atom. The molecule has 1 amide bonds. The lowest BCUT2D eigenvalue weighted by molar-refractivity contribution is 0.0898. The molecule has 11 heteroatoms. The molecule has 186 valence electrons. The van der Waals surface area contributed by atoms with E-state index in [9.17, 15) is 4.79 Å². The lowest BCUT2D eigenvalue weighted by Crippen LogP contribution is -2.35. The number of anilines is 2. The van der Waals surface area contributed by atoms with E-state index in [4.69, 9.17) is 4.42 Å². The van der Waals surface area contributed by atoms with Crippen LogP contribution in [0.2, 0.25) is 0 Å². The van der Waals surface area contributed by atoms with Gasteiger partial charge in [0.1, 0.15) is 0 Å². The van der Waals surface area contributed by atoms with Gasteiger partial charge in [-0.3, -0.25) is 9.48 Å². The van der Waals surface area contributed by atoms with E-state index in [0.29, 0.717) is 18.4 Å². The highest BCUT2D eigenvalue weighted by atomic mass is 16.4. The lowest BCUT2D eigenvalue weighted by Gasteiger charge is -2.19. The third-order valence-electron chi connectivity index (χ3n) is 5.92. The Balaban J connectivity index is 1.36. The fraction of sp³-hybridized carbons (Fsp3) is 0.360. The van der Waals surface area contributed by atoms with E-state index in [1.807, 2.05) is 52.2 Å². The minimum Gasteiger partial charge on any atom is -0.416 e. The molecule has 0 aliphatic carbocycles. The summed E-state index contributed by atoms with van der Waals surface area (Å²) in [4.78, 5) is 21.9. The molecule has 3 N–H and O–H groups in total. The molecule has 1 atom stereocenters. The first kappa shape index (κ1) is 23.6. The molecule has 0 bridgehead atoms. The molecule has 0 fully saturated rings. The molecule has 5 rings (SSSR count). The van der Waals surface area contributed by atoms with Crippen molar-refractivity contribution >= 4 is 17.5 Å². The van der Waals surface area contributed by atoms with Crippen molar-refractivity contribution in [2.24, 2.45) is 7.05 Å². The molecule has 11 nitrogen and oxygen atoms in total. The van der Waals surface area contributed by atoms with Crippen molar-refractivity contribution in [1.82, 2.24) is 40.6 Å². The summed E-state index contributed by atoms with van der Waals surface area (Å²) < 4.78 is 7.33. The van der Waals surface area contributed by atoms with E-state index in [1.54, 1.807) is 17.1 Å². The van der Waals surface area contributed by atoms with E-state index in [-0.39, 0.29) is 23.3 Å². The van der Waals surface area contributed by atoms with Crippen LogP contribution in [0.15, 0.2) is 47.3 Å². The third kappa shape index (κ3) is 5.10. The largest absolute Gasteiger partial charge is 0.416 e. The summed E-state index contributed by atoms with van der Waals surface area (Å²) in [7, 11) is 1.86. The van der Waals surface area contributed by atoms with Gasteiger partial charge in [0.2, 0.25) is 11.8 Å². The molecule has 1 aromatic carbocycles. The highest BCUT2D eigenvalue weighted by Crippen LogP contribution is 2.28. The zero-order valence-corrected chi connectivity index (χ0v) is 20.7. The SMILES string of the molecule is Cn1cc(Nc2nccc(-c3ccc4c(c3)CCNC[C@H]4NC(=O)c3nnc(C(C)(C)C)o3)n2)cn1. The predicted molar refractivity (Wildman–Crippen MR) is 134 cm³/mol. The molecular weight excluding hydrogens is 458 g/mol. The van der Waals surface area contributed by atoms with Gasteiger partial charge in [-0.1, -0.05) is 32.9 Å². The van der Waals surface area contributed by atoms with Crippen LogP contribution in [-0.2, 0) is 18.9 Å². The second-order valence-corrected chi connectivity index (χ2v) is 9.85. The molecule has 3 aromatic heterocycles. The van der Waals surface area contributed by atoms with Gasteiger partial charge in [-0.05, 0) is 36.2 Å². The number of nitrogens with zero attached hydrogens (tertiary/aromatic N) is 6. The van der Waals surface area contributed by atoms with Crippen LogP contribution in [0.5, 0.6) is 0 Å². The summed E-state index contributed by atoms with van der Waals surface area (Å²) >= 11 is 0. The van der Waals surface area contributed by atoms with Gasteiger partial charge in [0.15, 0.2) is 0 Å². The molecule has 1 aliphatic rings. The summed E-state index contributed by atoms with van der Waals surface area (Å²) in [5.41, 5.74) is 4.46. The van der Waals surface area contributed by atoms with Gasteiger partial charge < -0.3 is 20.4 Å². The van der Waals surface area contributed by atoms with Crippen LogP contribution in [0.25, 0.3) is 11.3 Å². The molecule has 0 spiro atoms. The Bertz CT molecular complexity index is 1390. The van der Waals surface area contributed by atoms with Gasteiger partial charge in [-0.25, -0.2) is 9.97 Å². The number of amides is 1. The Kier molecular flexibility index (Phi) is 6.23.